The largest absolute Gasteiger partial charge is 0.490 e. The highest BCUT2D eigenvalue weighted by molar-refractivity contribution is 5.87. The molecule has 1 fully saturated rings. The first-order valence-corrected chi connectivity index (χ1v) is 8.44. The van der Waals surface area contributed by atoms with E-state index in [-0.39, 0.29) is 11.7 Å². The normalized spacial score (nSPS) is 16.2. The van der Waals surface area contributed by atoms with Gasteiger partial charge in [0.05, 0.1) is 12.1 Å². The summed E-state index contributed by atoms with van der Waals surface area (Å²) in [5.41, 5.74) is 0.280. The first-order chi connectivity index (χ1) is 11.6. The average Bonchev–Trinajstić information content (AvgIpc) is 3.05. The summed E-state index contributed by atoms with van der Waals surface area (Å²) in [6.07, 6.45) is 3.03. The van der Waals surface area contributed by atoms with Crippen molar-refractivity contribution in [3.8, 4) is 5.75 Å². The highest BCUT2D eigenvalue weighted by Crippen LogP contribution is 2.21. The van der Waals surface area contributed by atoms with Crippen LogP contribution in [0.5, 0.6) is 5.75 Å². The number of aromatic carboxylic acids is 1. The number of furan rings is 1. The summed E-state index contributed by atoms with van der Waals surface area (Å²) in [6, 6.07) is 10.7. The summed E-state index contributed by atoms with van der Waals surface area (Å²) >= 11 is 0. The first-order valence-electron chi connectivity index (χ1n) is 8.44. The molecule has 1 aromatic carbocycles. The van der Waals surface area contributed by atoms with Crippen LogP contribution in [0.25, 0.3) is 0 Å². The van der Waals surface area contributed by atoms with Gasteiger partial charge in [-0.05, 0) is 49.2 Å². The van der Waals surface area contributed by atoms with E-state index in [4.69, 9.17) is 14.3 Å². The number of carboxylic acids is 1. The number of hydrogen-bond donors (Lipinski definition) is 1. The molecule has 0 spiro atoms. The number of carbonyl (C=O) groups is 1. The van der Waals surface area contributed by atoms with Crippen molar-refractivity contribution in [1.82, 2.24) is 4.90 Å². The quantitative estimate of drug-likeness (QED) is 0.877. The topological polar surface area (TPSA) is 62.9 Å². The number of aryl methyl sites for hydroxylation is 1. The number of hydrogen-bond acceptors (Lipinski definition) is 4. The second-order valence-corrected chi connectivity index (χ2v) is 6.14. The van der Waals surface area contributed by atoms with Gasteiger partial charge in [0.25, 0.3) is 0 Å². The molecule has 0 saturated carbocycles. The molecule has 128 valence electrons. The lowest BCUT2D eigenvalue weighted by Crippen LogP contribution is -2.37. The van der Waals surface area contributed by atoms with Gasteiger partial charge < -0.3 is 14.3 Å². The standard InChI is InChI=1S/C19H23NO4/c1-2-15-7-8-18(23-15)13-20-11-9-17(10-12-20)24-16-5-3-14(4-6-16)19(21)22/h3-8,17H,2,9-13H2,1H3,(H,21,22). The molecule has 1 aliphatic rings. The van der Waals surface area contributed by atoms with Gasteiger partial charge in [-0.25, -0.2) is 4.79 Å². The Bertz CT molecular complexity index is 669. The van der Waals surface area contributed by atoms with Crippen LogP contribution in [-0.4, -0.2) is 35.2 Å². The predicted octanol–water partition coefficient (Wildman–Crippen LogP) is 3.58. The lowest BCUT2D eigenvalue weighted by molar-refractivity contribution is 0.0696. The SMILES string of the molecule is CCc1ccc(CN2CCC(Oc3ccc(C(=O)O)cc3)CC2)o1. The van der Waals surface area contributed by atoms with Gasteiger partial charge in [-0.2, -0.15) is 0 Å². The van der Waals surface area contributed by atoms with Crippen LogP contribution in [0.4, 0.5) is 0 Å². The molecule has 0 bridgehead atoms. The maximum atomic E-state index is 10.9. The van der Waals surface area contributed by atoms with Crippen LogP contribution in [0.1, 0.15) is 41.6 Å². The monoisotopic (exact) mass is 329 g/mol. The van der Waals surface area contributed by atoms with E-state index in [2.05, 4.69) is 17.9 Å². The lowest BCUT2D eigenvalue weighted by atomic mass is 10.1. The number of benzene rings is 1. The molecule has 2 heterocycles. The minimum atomic E-state index is -0.918. The molecule has 0 unspecified atom stereocenters. The van der Waals surface area contributed by atoms with Crippen molar-refractivity contribution in [2.45, 2.75) is 38.8 Å². The van der Waals surface area contributed by atoms with Crippen molar-refractivity contribution in [3.63, 3.8) is 0 Å². The van der Waals surface area contributed by atoms with Crippen molar-refractivity contribution < 1.29 is 19.1 Å². The van der Waals surface area contributed by atoms with Gasteiger partial charge in [0.15, 0.2) is 0 Å². The third-order valence-corrected chi connectivity index (χ3v) is 4.38. The third-order valence-electron chi connectivity index (χ3n) is 4.38. The van der Waals surface area contributed by atoms with Crippen LogP contribution < -0.4 is 4.74 Å². The fourth-order valence-corrected chi connectivity index (χ4v) is 2.97. The summed E-state index contributed by atoms with van der Waals surface area (Å²) in [6.45, 7) is 4.88. The Morgan fingerprint density at radius 3 is 2.42 bits per heavy atom. The van der Waals surface area contributed by atoms with Crippen LogP contribution in [0, 0.1) is 0 Å². The second-order valence-electron chi connectivity index (χ2n) is 6.14. The molecular weight excluding hydrogens is 306 g/mol. The Kier molecular flexibility index (Phi) is 5.20. The molecule has 5 heteroatoms. The zero-order chi connectivity index (χ0) is 16.9. The Labute approximate surface area is 141 Å². The van der Waals surface area contributed by atoms with E-state index in [0.29, 0.717) is 0 Å². The van der Waals surface area contributed by atoms with Gasteiger partial charge in [0.1, 0.15) is 23.4 Å². The summed E-state index contributed by atoms with van der Waals surface area (Å²) in [4.78, 5) is 13.2. The van der Waals surface area contributed by atoms with Crippen LogP contribution in [0.3, 0.4) is 0 Å². The smallest absolute Gasteiger partial charge is 0.335 e. The van der Waals surface area contributed by atoms with E-state index in [9.17, 15) is 4.79 Å². The van der Waals surface area contributed by atoms with Crippen molar-refractivity contribution in [2.24, 2.45) is 0 Å². The van der Waals surface area contributed by atoms with Gasteiger partial charge >= 0.3 is 5.97 Å². The molecule has 0 radical (unpaired) electrons. The minimum absolute atomic E-state index is 0.180. The number of likely N-dealkylation sites (tertiary alicyclic amines) is 1. The van der Waals surface area contributed by atoms with E-state index in [1.807, 2.05) is 6.07 Å². The molecule has 5 nitrogen and oxygen atoms in total. The Morgan fingerprint density at radius 1 is 1.17 bits per heavy atom. The molecule has 1 saturated heterocycles. The Morgan fingerprint density at radius 2 is 1.83 bits per heavy atom. The fraction of sp³-hybridized carbons (Fsp3) is 0.421. The maximum Gasteiger partial charge on any atom is 0.335 e. The van der Waals surface area contributed by atoms with Crippen LogP contribution in [-0.2, 0) is 13.0 Å². The molecule has 0 aliphatic carbocycles. The van der Waals surface area contributed by atoms with E-state index in [1.54, 1.807) is 24.3 Å². The number of nitrogens with zero attached hydrogens (tertiary/aromatic N) is 1. The predicted molar refractivity (Wildman–Crippen MR) is 90.4 cm³/mol. The Hall–Kier alpha value is -2.27. The van der Waals surface area contributed by atoms with Gasteiger partial charge in [0.2, 0.25) is 0 Å². The van der Waals surface area contributed by atoms with E-state index < -0.39 is 5.97 Å². The van der Waals surface area contributed by atoms with Crippen molar-refractivity contribution in [3.05, 3.63) is 53.5 Å². The van der Waals surface area contributed by atoms with Crippen LogP contribution >= 0.6 is 0 Å². The van der Waals surface area contributed by atoms with Crippen molar-refractivity contribution in [1.29, 1.82) is 0 Å². The second kappa shape index (κ2) is 7.53. The molecule has 1 aliphatic heterocycles. The van der Waals surface area contributed by atoms with Gasteiger partial charge in [-0.15, -0.1) is 0 Å². The molecular formula is C19H23NO4. The highest BCUT2D eigenvalue weighted by Gasteiger charge is 2.21. The average molecular weight is 329 g/mol. The molecule has 1 N–H and O–H groups in total. The summed E-state index contributed by atoms with van der Waals surface area (Å²) in [7, 11) is 0. The minimum Gasteiger partial charge on any atom is -0.490 e. The van der Waals surface area contributed by atoms with Crippen molar-refractivity contribution >= 4 is 5.97 Å². The van der Waals surface area contributed by atoms with Crippen LogP contribution in [0.15, 0.2) is 40.8 Å². The molecule has 0 atom stereocenters. The summed E-state index contributed by atoms with van der Waals surface area (Å²) < 4.78 is 11.7. The summed E-state index contributed by atoms with van der Waals surface area (Å²) in [5, 5.41) is 8.91. The Balaban J connectivity index is 1.47. The number of piperidine rings is 1. The van der Waals surface area contributed by atoms with Gasteiger partial charge in [-0.1, -0.05) is 6.92 Å². The molecule has 1 aromatic heterocycles. The highest BCUT2D eigenvalue weighted by atomic mass is 16.5. The number of rotatable bonds is 6. The van der Waals surface area contributed by atoms with E-state index in [1.165, 1.54) is 0 Å². The molecule has 24 heavy (non-hydrogen) atoms. The zero-order valence-electron chi connectivity index (χ0n) is 13.9. The summed E-state index contributed by atoms with van der Waals surface area (Å²) in [5.74, 6) is 1.87. The number of ether oxygens (including phenoxy) is 1. The molecule has 0 amide bonds. The fourth-order valence-electron chi connectivity index (χ4n) is 2.97. The van der Waals surface area contributed by atoms with Crippen molar-refractivity contribution in [2.75, 3.05) is 13.1 Å². The van der Waals surface area contributed by atoms with Gasteiger partial charge in [0, 0.05) is 19.5 Å². The molecule has 2 aromatic rings. The third kappa shape index (κ3) is 4.17. The van der Waals surface area contributed by atoms with E-state index in [0.717, 1.165) is 56.2 Å². The first kappa shape index (κ1) is 16.6. The van der Waals surface area contributed by atoms with E-state index >= 15 is 0 Å². The zero-order valence-corrected chi connectivity index (χ0v) is 13.9. The van der Waals surface area contributed by atoms with Gasteiger partial charge in [-0.3, -0.25) is 4.90 Å². The lowest BCUT2D eigenvalue weighted by Gasteiger charge is -2.31. The maximum absolute atomic E-state index is 10.9. The molecule has 3 rings (SSSR count). The number of carboxylic acid groups (broad SMARTS) is 1. The van der Waals surface area contributed by atoms with Crippen LogP contribution in [0.2, 0.25) is 0 Å².